The average Bonchev–Trinajstić information content (AvgIpc) is 3.02. The van der Waals surface area contributed by atoms with E-state index in [1.54, 1.807) is 19.3 Å². The van der Waals surface area contributed by atoms with Crippen molar-refractivity contribution in [3.05, 3.63) is 36.7 Å². The molecule has 1 heterocycles. The zero-order chi connectivity index (χ0) is 15.1. The Labute approximate surface area is 124 Å². The van der Waals surface area contributed by atoms with Crippen molar-refractivity contribution < 1.29 is 9.53 Å². The van der Waals surface area contributed by atoms with Gasteiger partial charge in [-0.2, -0.15) is 0 Å². The van der Waals surface area contributed by atoms with E-state index in [1.165, 1.54) is 0 Å². The molecular formula is C16H21N3O2. The Kier molecular flexibility index (Phi) is 5.51. The molecule has 21 heavy (non-hydrogen) atoms. The summed E-state index contributed by atoms with van der Waals surface area (Å²) in [6.45, 7) is 4.47. The second-order valence-corrected chi connectivity index (χ2v) is 4.87. The molecule has 1 amide bonds. The molecule has 112 valence electrons. The lowest BCUT2D eigenvalue weighted by atomic mass is 10.2. The highest BCUT2D eigenvalue weighted by molar-refractivity contribution is 5.94. The Morgan fingerprint density at radius 1 is 1.48 bits per heavy atom. The second-order valence-electron chi connectivity index (χ2n) is 4.87. The van der Waals surface area contributed by atoms with Gasteiger partial charge in [0.15, 0.2) is 0 Å². The number of amides is 1. The quantitative estimate of drug-likeness (QED) is 0.768. The van der Waals surface area contributed by atoms with Crippen molar-refractivity contribution in [3.8, 4) is 11.4 Å². The number of nitrogens with zero attached hydrogens (tertiary/aromatic N) is 1. The molecule has 0 aliphatic carbocycles. The van der Waals surface area contributed by atoms with Crippen molar-refractivity contribution in [1.29, 1.82) is 0 Å². The number of aromatic nitrogens is 2. The molecule has 0 aliphatic rings. The van der Waals surface area contributed by atoms with Gasteiger partial charge in [0.25, 0.3) is 5.91 Å². The van der Waals surface area contributed by atoms with Crippen molar-refractivity contribution in [2.75, 3.05) is 11.9 Å². The largest absolute Gasteiger partial charge is 0.369 e. The fourth-order valence-corrected chi connectivity index (χ4v) is 1.89. The van der Waals surface area contributed by atoms with E-state index in [4.69, 9.17) is 4.74 Å². The van der Waals surface area contributed by atoms with Crippen molar-refractivity contribution in [3.63, 3.8) is 0 Å². The predicted octanol–water partition coefficient (Wildman–Crippen LogP) is 3.22. The average molecular weight is 287 g/mol. The van der Waals surface area contributed by atoms with E-state index in [2.05, 4.69) is 22.2 Å². The summed E-state index contributed by atoms with van der Waals surface area (Å²) < 4.78 is 5.49. The SMILES string of the molecule is CCCCOC(C)C(=O)Nc1cccc(-c2ncc[nH]2)c1. The third-order valence-corrected chi connectivity index (χ3v) is 3.14. The van der Waals surface area contributed by atoms with Crippen molar-refractivity contribution in [2.24, 2.45) is 0 Å². The highest BCUT2D eigenvalue weighted by Gasteiger charge is 2.13. The molecule has 5 nitrogen and oxygen atoms in total. The van der Waals surface area contributed by atoms with Crippen LogP contribution in [0.4, 0.5) is 5.69 Å². The van der Waals surface area contributed by atoms with Crippen LogP contribution in [0.15, 0.2) is 36.7 Å². The van der Waals surface area contributed by atoms with Gasteiger partial charge in [-0.3, -0.25) is 4.79 Å². The first-order valence-electron chi connectivity index (χ1n) is 7.23. The number of H-pyrrole nitrogens is 1. The van der Waals surface area contributed by atoms with Gasteiger partial charge < -0.3 is 15.0 Å². The minimum atomic E-state index is -0.455. The summed E-state index contributed by atoms with van der Waals surface area (Å²) in [7, 11) is 0. The minimum absolute atomic E-state index is 0.136. The van der Waals surface area contributed by atoms with E-state index in [-0.39, 0.29) is 5.91 Å². The molecule has 5 heteroatoms. The van der Waals surface area contributed by atoms with Gasteiger partial charge in [0.1, 0.15) is 11.9 Å². The van der Waals surface area contributed by atoms with Crippen LogP contribution >= 0.6 is 0 Å². The molecule has 0 saturated carbocycles. The highest BCUT2D eigenvalue weighted by atomic mass is 16.5. The molecule has 2 N–H and O–H groups in total. The first kappa shape index (κ1) is 15.3. The summed E-state index contributed by atoms with van der Waals surface area (Å²) >= 11 is 0. The van der Waals surface area contributed by atoms with E-state index in [0.717, 1.165) is 29.9 Å². The first-order chi connectivity index (χ1) is 10.2. The zero-order valence-corrected chi connectivity index (χ0v) is 12.4. The molecule has 1 aromatic carbocycles. The number of carbonyl (C=O) groups is 1. The molecule has 0 radical (unpaired) electrons. The highest BCUT2D eigenvalue weighted by Crippen LogP contribution is 2.19. The monoisotopic (exact) mass is 287 g/mol. The molecule has 1 aromatic heterocycles. The third-order valence-electron chi connectivity index (χ3n) is 3.14. The maximum Gasteiger partial charge on any atom is 0.253 e. The Bertz CT molecular complexity index is 567. The van der Waals surface area contributed by atoms with Crippen LogP contribution in [0, 0.1) is 0 Å². The van der Waals surface area contributed by atoms with E-state index < -0.39 is 6.10 Å². The number of aromatic amines is 1. The van der Waals surface area contributed by atoms with Crippen LogP contribution in [0.25, 0.3) is 11.4 Å². The van der Waals surface area contributed by atoms with Crippen LogP contribution in [-0.4, -0.2) is 28.6 Å². The fraction of sp³-hybridized carbons (Fsp3) is 0.375. The first-order valence-corrected chi connectivity index (χ1v) is 7.23. The fourth-order valence-electron chi connectivity index (χ4n) is 1.89. The van der Waals surface area contributed by atoms with Crippen LogP contribution in [0.2, 0.25) is 0 Å². The number of anilines is 1. The van der Waals surface area contributed by atoms with Gasteiger partial charge in [-0.15, -0.1) is 0 Å². The summed E-state index contributed by atoms with van der Waals surface area (Å²) in [6, 6.07) is 7.56. The number of ether oxygens (including phenoxy) is 1. The lowest BCUT2D eigenvalue weighted by Gasteiger charge is -2.13. The maximum absolute atomic E-state index is 12.0. The van der Waals surface area contributed by atoms with Gasteiger partial charge >= 0.3 is 0 Å². The van der Waals surface area contributed by atoms with Crippen molar-refractivity contribution in [2.45, 2.75) is 32.8 Å². The number of rotatable bonds is 7. The maximum atomic E-state index is 12.0. The summed E-state index contributed by atoms with van der Waals surface area (Å²) in [4.78, 5) is 19.3. The van der Waals surface area contributed by atoms with E-state index in [0.29, 0.717) is 6.61 Å². The van der Waals surface area contributed by atoms with Crippen molar-refractivity contribution >= 4 is 11.6 Å². The molecule has 0 fully saturated rings. The van der Waals surface area contributed by atoms with Crippen LogP contribution in [0.3, 0.4) is 0 Å². The third kappa shape index (κ3) is 4.43. The molecule has 2 aromatic rings. The molecule has 0 spiro atoms. The Balaban J connectivity index is 1.96. The van der Waals surface area contributed by atoms with Gasteiger partial charge in [-0.05, 0) is 25.5 Å². The molecule has 1 unspecified atom stereocenters. The predicted molar refractivity (Wildman–Crippen MR) is 83.0 cm³/mol. The summed E-state index contributed by atoms with van der Waals surface area (Å²) in [5, 5.41) is 2.87. The van der Waals surface area contributed by atoms with Gasteiger partial charge in [-0.1, -0.05) is 25.5 Å². The van der Waals surface area contributed by atoms with E-state index >= 15 is 0 Å². The van der Waals surface area contributed by atoms with Gasteiger partial charge in [0.2, 0.25) is 0 Å². The lowest BCUT2D eigenvalue weighted by molar-refractivity contribution is -0.126. The van der Waals surface area contributed by atoms with E-state index in [9.17, 15) is 4.79 Å². The molecule has 1 atom stereocenters. The lowest BCUT2D eigenvalue weighted by Crippen LogP contribution is -2.28. The molecule has 0 saturated heterocycles. The van der Waals surface area contributed by atoms with Crippen molar-refractivity contribution in [1.82, 2.24) is 9.97 Å². The summed E-state index contributed by atoms with van der Waals surface area (Å²) in [5.41, 5.74) is 1.66. The number of hydrogen-bond acceptors (Lipinski definition) is 3. The van der Waals surface area contributed by atoms with Gasteiger partial charge in [0, 0.05) is 30.3 Å². The number of benzene rings is 1. The molecule has 0 aliphatic heterocycles. The normalized spacial score (nSPS) is 12.1. The Hall–Kier alpha value is -2.14. The standard InChI is InChI=1S/C16H21N3O2/c1-3-4-10-21-12(2)16(20)19-14-7-5-6-13(11-14)15-17-8-9-18-15/h5-9,11-12H,3-4,10H2,1-2H3,(H,17,18)(H,19,20). The summed E-state index contributed by atoms with van der Waals surface area (Å²) in [5.74, 6) is 0.640. The number of imidazole rings is 1. The molecule has 2 rings (SSSR count). The van der Waals surface area contributed by atoms with E-state index in [1.807, 2.05) is 24.3 Å². The zero-order valence-electron chi connectivity index (χ0n) is 12.4. The number of nitrogens with one attached hydrogen (secondary N) is 2. The number of carbonyl (C=O) groups excluding carboxylic acids is 1. The Morgan fingerprint density at radius 3 is 3.05 bits per heavy atom. The topological polar surface area (TPSA) is 67.0 Å². The number of unbranched alkanes of at least 4 members (excludes halogenated alkanes) is 1. The van der Waals surface area contributed by atoms with Crippen LogP contribution in [-0.2, 0) is 9.53 Å². The minimum Gasteiger partial charge on any atom is -0.369 e. The van der Waals surface area contributed by atoms with Gasteiger partial charge in [-0.25, -0.2) is 4.98 Å². The summed E-state index contributed by atoms with van der Waals surface area (Å²) in [6.07, 6.45) is 5.03. The molecule has 0 bridgehead atoms. The van der Waals surface area contributed by atoms with Gasteiger partial charge in [0.05, 0.1) is 0 Å². The van der Waals surface area contributed by atoms with Crippen LogP contribution in [0.1, 0.15) is 26.7 Å². The smallest absolute Gasteiger partial charge is 0.253 e. The Morgan fingerprint density at radius 2 is 2.33 bits per heavy atom. The second kappa shape index (κ2) is 7.59. The van der Waals surface area contributed by atoms with Crippen LogP contribution in [0.5, 0.6) is 0 Å². The number of hydrogen-bond donors (Lipinski definition) is 2. The van der Waals surface area contributed by atoms with Crippen LogP contribution < -0.4 is 5.32 Å². The molecular weight excluding hydrogens is 266 g/mol.